The van der Waals surface area contributed by atoms with Crippen molar-refractivity contribution in [2.75, 3.05) is 7.11 Å². The highest BCUT2D eigenvalue weighted by atomic mass is 16.5. The van der Waals surface area contributed by atoms with Crippen LogP contribution in [0.4, 0.5) is 0 Å². The van der Waals surface area contributed by atoms with Crippen LogP contribution in [-0.2, 0) is 12.8 Å². The average Bonchev–Trinajstić information content (AvgIpc) is 2.28. The maximum Gasteiger partial charge on any atom is 0.122 e. The molecule has 2 nitrogen and oxygen atoms in total. The molecule has 0 amide bonds. The van der Waals surface area contributed by atoms with Gasteiger partial charge >= 0.3 is 0 Å². The predicted octanol–water partition coefficient (Wildman–Crippen LogP) is 2.78. The SMILES string of the molecule is CCc1ccc(OC)c(CC(N)C(C)C)c1. The van der Waals surface area contributed by atoms with Crippen molar-refractivity contribution < 1.29 is 4.74 Å². The van der Waals surface area contributed by atoms with E-state index in [9.17, 15) is 0 Å². The molecular weight excluding hydrogens is 198 g/mol. The van der Waals surface area contributed by atoms with E-state index in [1.165, 1.54) is 11.1 Å². The van der Waals surface area contributed by atoms with Gasteiger partial charge in [-0.2, -0.15) is 0 Å². The fraction of sp³-hybridized carbons (Fsp3) is 0.571. The Balaban J connectivity index is 2.91. The summed E-state index contributed by atoms with van der Waals surface area (Å²) in [5.41, 5.74) is 8.67. The molecule has 1 rings (SSSR count). The van der Waals surface area contributed by atoms with Gasteiger partial charge in [0.2, 0.25) is 0 Å². The number of rotatable bonds is 5. The van der Waals surface area contributed by atoms with Gasteiger partial charge in [-0.15, -0.1) is 0 Å². The van der Waals surface area contributed by atoms with Gasteiger partial charge in [-0.25, -0.2) is 0 Å². The van der Waals surface area contributed by atoms with Crippen LogP contribution in [0.15, 0.2) is 18.2 Å². The molecule has 2 N–H and O–H groups in total. The average molecular weight is 221 g/mol. The third kappa shape index (κ3) is 3.24. The second-order valence-electron chi connectivity index (χ2n) is 4.61. The van der Waals surface area contributed by atoms with Gasteiger partial charge in [-0.05, 0) is 36.0 Å². The molecule has 1 aromatic carbocycles. The number of aryl methyl sites for hydroxylation is 1. The van der Waals surface area contributed by atoms with Crippen LogP contribution in [0.5, 0.6) is 5.75 Å². The molecule has 0 spiro atoms. The summed E-state index contributed by atoms with van der Waals surface area (Å²) in [6, 6.07) is 6.56. The Morgan fingerprint density at radius 3 is 2.50 bits per heavy atom. The minimum absolute atomic E-state index is 0.195. The van der Waals surface area contributed by atoms with E-state index in [1.807, 2.05) is 6.07 Å². The van der Waals surface area contributed by atoms with Gasteiger partial charge in [0.1, 0.15) is 5.75 Å². The van der Waals surface area contributed by atoms with Gasteiger partial charge in [-0.3, -0.25) is 0 Å². The van der Waals surface area contributed by atoms with E-state index >= 15 is 0 Å². The van der Waals surface area contributed by atoms with Crippen LogP contribution in [0, 0.1) is 5.92 Å². The number of nitrogens with two attached hydrogens (primary N) is 1. The van der Waals surface area contributed by atoms with Crippen molar-refractivity contribution in [3.8, 4) is 5.75 Å². The first-order valence-corrected chi connectivity index (χ1v) is 5.99. The molecule has 0 fully saturated rings. The van der Waals surface area contributed by atoms with Crippen LogP contribution in [0.2, 0.25) is 0 Å². The minimum atomic E-state index is 0.195. The molecular formula is C14H23NO. The van der Waals surface area contributed by atoms with E-state index in [0.29, 0.717) is 5.92 Å². The molecule has 1 atom stereocenters. The molecule has 0 bridgehead atoms. The number of hydrogen-bond donors (Lipinski definition) is 1. The van der Waals surface area contributed by atoms with Crippen LogP contribution in [0.1, 0.15) is 31.9 Å². The molecule has 90 valence electrons. The van der Waals surface area contributed by atoms with E-state index < -0.39 is 0 Å². The summed E-state index contributed by atoms with van der Waals surface area (Å²) >= 11 is 0. The molecule has 0 aromatic heterocycles. The lowest BCUT2D eigenvalue weighted by Crippen LogP contribution is -2.28. The van der Waals surface area contributed by atoms with Crippen molar-refractivity contribution in [2.24, 2.45) is 11.7 Å². The van der Waals surface area contributed by atoms with Crippen molar-refractivity contribution in [3.63, 3.8) is 0 Å². The number of ether oxygens (including phenoxy) is 1. The number of benzene rings is 1. The molecule has 0 radical (unpaired) electrons. The monoisotopic (exact) mass is 221 g/mol. The lowest BCUT2D eigenvalue weighted by molar-refractivity contribution is 0.403. The highest BCUT2D eigenvalue weighted by Gasteiger charge is 2.12. The third-order valence-corrected chi connectivity index (χ3v) is 3.06. The van der Waals surface area contributed by atoms with Crippen LogP contribution < -0.4 is 10.5 Å². The Bertz CT molecular complexity index is 334. The maximum atomic E-state index is 6.11. The third-order valence-electron chi connectivity index (χ3n) is 3.06. The quantitative estimate of drug-likeness (QED) is 0.829. The van der Waals surface area contributed by atoms with Crippen molar-refractivity contribution >= 4 is 0 Å². The van der Waals surface area contributed by atoms with Crippen molar-refractivity contribution in [1.29, 1.82) is 0 Å². The van der Waals surface area contributed by atoms with Gasteiger partial charge < -0.3 is 10.5 Å². The van der Waals surface area contributed by atoms with Crippen LogP contribution in [0.3, 0.4) is 0 Å². The van der Waals surface area contributed by atoms with Gasteiger partial charge in [0.25, 0.3) is 0 Å². The Morgan fingerprint density at radius 2 is 2.00 bits per heavy atom. The van der Waals surface area contributed by atoms with Crippen LogP contribution in [0.25, 0.3) is 0 Å². The van der Waals surface area contributed by atoms with Crippen LogP contribution in [-0.4, -0.2) is 13.2 Å². The maximum absolute atomic E-state index is 6.11. The first kappa shape index (κ1) is 13.0. The molecule has 0 aliphatic heterocycles. The summed E-state index contributed by atoms with van der Waals surface area (Å²) in [6.07, 6.45) is 1.93. The second kappa shape index (κ2) is 5.90. The summed E-state index contributed by atoms with van der Waals surface area (Å²) in [5.74, 6) is 1.45. The largest absolute Gasteiger partial charge is 0.496 e. The molecule has 1 aromatic rings. The number of hydrogen-bond acceptors (Lipinski definition) is 2. The van der Waals surface area contributed by atoms with Crippen molar-refractivity contribution in [3.05, 3.63) is 29.3 Å². The lowest BCUT2D eigenvalue weighted by atomic mass is 9.95. The van der Waals surface area contributed by atoms with Gasteiger partial charge in [0, 0.05) is 6.04 Å². The highest BCUT2D eigenvalue weighted by Crippen LogP contribution is 2.22. The van der Waals surface area contributed by atoms with E-state index in [-0.39, 0.29) is 6.04 Å². The first-order chi connectivity index (χ1) is 7.58. The molecule has 16 heavy (non-hydrogen) atoms. The van der Waals surface area contributed by atoms with Gasteiger partial charge in [-0.1, -0.05) is 32.9 Å². The van der Waals surface area contributed by atoms with Crippen LogP contribution >= 0.6 is 0 Å². The summed E-state index contributed by atoms with van der Waals surface area (Å²) in [5, 5.41) is 0. The summed E-state index contributed by atoms with van der Waals surface area (Å²) in [6.45, 7) is 6.47. The molecule has 0 aliphatic rings. The lowest BCUT2D eigenvalue weighted by Gasteiger charge is -2.18. The Hall–Kier alpha value is -1.02. The van der Waals surface area contributed by atoms with Crippen molar-refractivity contribution in [1.82, 2.24) is 0 Å². The zero-order valence-electron chi connectivity index (χ0n) is 10.8. The first-order valence-electron chi connectivity index (χ1n) is 5.99. The smallest absolute Gasteiger partial charge is 0.122 e. The van der Waals surface area contributed by atoms with E-state index in [4.69, 9.17) is 10.5 Å². The molecule has 0 saturated heterocycles. The summed E-state index contributed by atoms with van der Waals surface area (Å²) in [7, 11) is 1.71. The fourth-order valence-corrected chi connectivity index (χ4v) is 1.70. The van der Waals surface area contributed by atoms with Gasteiger partial charge in [0.05, 0.1) is 7.11 Å². The molecule has 1 unspecified atom stereocenters. The Kier molecular flexibility index (Phi) is 4.81. The van der Waals surface area contributed by atoms with E-state index in [0.717, 1.165) is 18.6 Å². The second-order valence-corrected chi connectivity index (χ2v) is 4.61. The molecule has 0 heterocycles. The number of methoxy groups -OCH3 is 1. The Morgan fingerprint density at radius 1 is 1.31 bits per heavy atom. The van der Waals surface area contributed by atoms with E-state index in [2.05, 4.69) is 32.9 Å². The predicted molar refractivity (Wildman–Crippen MR) is 68.9 cm³/mol. The standard InChI is InChI=1S/C14H23NO/c1-5-11-6-7-14(16-4)12(8-11)9-13(15)10(2)3/h6-8,10,13H,5,9,15H2,1-4H3. The van der Waals surface area contributed by atoms with Crippen molar-refractivity contribution in [2.45, 2.75) is 39.7 Å². The zero-order valence-corrected chi connectivity index (χ0v) is 10.8. The molecule has 0 saturated carbocycles. The molecule has 2 heteroatoms. The molecule has 0 aliphatic carbocycles. The zero-order chi connectivity index (χ0) is 12.1. The minimum Gasteiger partial charge on any atom is -0.496 e. The fourth-order valence-electron chi connectivity index (χ4n) is 1.70. The normalized spacial score (nSPS) is 12.9. The summed E-state index contributed by atoms with van der Waals surface area (Å²) < 4.78 is 5.37. The Labute approximate surface area is 98.8 Å². The highest BCUT2D eigenvalue weighted by molar-refractivity contribution is 5.38. The summed E-state index contributed by atoms with van der Waals surface area (Å²) in [4.78, 5) is 0. The van der Waals surface area contributed by atoms with E-state index in [1.54, 1.807) is 7.11 Å². The van der Waals surface area contributed by atoms with Gasteiger partial charge in [0.15, 0.2) is 0 Å². The topological polar surface area (TPSA) is 35.2 Å².